The fourth-order valence-corrected chi connectivity index (χ4v) is 1.74. The lowest BCUT2D eigenvalue weighted by molar-refractivity contribution is -0.121. The van der Waals surface area contributed by atoms with Gasteiger partial charge in [0.05, 0.1) is 18.7 Å². The SMILES string of the molecule is CCOC(=O)NNC(=O)Cc1coc(-c2ccc(Cl)cc2)n1. The average molecular weight is 324 g/mol. The molecule has 0 saturated heterocycles. The standard InChI is InChI=1S/C14H14ClN3O4/c1-2-21-14(20)18-17-12(19)7-11-8-22-13(16-11)9-3-5-10(15)6-4-9/h3-6,8H,2,7H2,1H3,(H,17,19)(H,18,20). The molecule has 1 aromatic carbocycles. The van der Waals surface area contributed by atoms with E-state index in [-0.39, 0.29) is 13.0 Å². The minimum atomic E-state index is -0.724. The Bertz CT molecular complexity index is 654. The van der Waals surface area contributed by atoms with Crippen LogP contribution < -0.4 is 10.9 Å². The highest BCUT2D eigenvalue weighted by Gasteiger charge is 2.11. The summed E-state index contributed by atoms with van der Waals surface area (Å²) >= 11 is 5.81. The van der Waals surface area contributed by atoms with Gasteiger partial charge in [0, 0.05) is 10.6 Å². The molecule has 0 bridgehead atoms. The van der Waals surface area contributed by atoms with Crippen molar-refractivity contribution in [3.8, 4) is 11.5 Å². The molecule has 0 saturated carbocycles. The smallest absolute Gasteiger partial charge is 0.426 e. The minimum absolute atomic E-state index is 0.0382. The summed E-state index contributed by atoms with van der Waals surface area (Å²) in [6, 6.07) is 6.97. The first kappa shape index (κ1) is 15.8. The largest absolute Gasteiger partial charge is 0.449 e. The molecule has 2 N–H and O–H groups in total. The van der Waals surface area contributed by atoms with Crippen LogP contribution in [0.25, 0.3) is 11.5 Å². The van der Waals surface area contributed by atoms with Crippen molar-refractivity contribution < 1.29 is 18.7 Å². The molecule has 1 heterocycles. The van der Waals surface area contributed by atoms with E-state index in [9.17, 15) is 9.59 Å². The van der Waals surface area contributed by atoms with Gasteiger partial charge < -0.3 is 9.15 Å². The zero-order valence-electron chi connectivity index (χ0n) is 11.8. The van der Waals surface area contributed by atoms with E-state index in [1.165, 1.54) is 6.26 Å². The van der Waals surface area contributed by atoms with Gasteiger partial charge >= 0.3 is 6.09 Å². The summed E-state index contributed by atoms with van der Waals surface area (Å²) in [5.74, 6) is -0.0539. The molecule has 22 heavy (non-hydrogen) atoms. The van der Waals surface area contributed by atoms with Gasteiger partial charge in [-0.1, -0.05) is 11.6 Å². The topological polar surface area (TPSA) is 93.5 Å². The first-order valence-corrected chi connectivity index (χ1v) is 6.88. The summed E-state index contributed by atoms with van der Waals surface area (Å²) in [4.78, 5) is 26.9. The number of rotatable bonds is 4. The molecule has 2 aromatic rings. The predicted molar refractivity (Wildman–Crippen MR) is 79.0 cm³/mol. The predicted octanol–water partition coefficient (Wildman–Crippen LogP) is 2.31. The van der Waals surface area contributed by atoms with Gasteiger partial charge in [-0.3, -0.25) is 10.2 Å². The zero-order chi connectivity index (χ0) is 15.9. The number of carbonyl (C=O) groups excluding carboxylic acids is 2. The maximum Gasteiger partial charge on any atom is 0.426 e. The second-order valence-corrected chi connectivity index (χ2v) is 4.66. The van der Waals surface area contributed by atoms with Crippen LogP contribution in [0, 0.1) is 0 Å². The van der Waals surface area contributed by atoms with Gasteiger partial charge in [0.2, 0.25) is 11.8 Å². The number of hydrogen-bond acceptors (Lipinski definition) is 5. The third kappa shape index (κ3) is 4.49. The van der Waals surface area contributed by atoms with Crippen LogP contribution in [0.5, 0.6) is 0 Å². The highest BCUT2D eigenvalue weighted by molar-refractivity contribution is 6.30. The monoisotopic (exact) mass is 323 g/mol. The van der Waals surface area contributed by atoms with Crippen molar-refractivity contribution in [1.82, 2.24) is 15.8 Å². The Morgan fingerprint density at radius 2 is 2.00 bits per heavy atom. The molecule has 2 amide bonds. The molecule has 0 spiro atoms. The first-order chi connectivity index (χ1) is 10.6. The fraction of sp³-hybridized carbons (Fsp3) is 0.214. The van der Waals surface area contributed by atoms with Crippen LogP contribution in [-0.4, -0.2) is 23.6 Å². The molecule has 8 heteroatoms. The van der Waals surface area contributed by atoms with Gasteiger partial charge in [-0.25, -0.2) is 15.2 Å². The van der Waals surface area contributed by atoms with Crippen LogP contribution in [0.3, 0.4) is 0 Å². The van der Waals surface area contributed by atoms with E-state index in [1.807, 2.05) is 0 Å². The zero-order valence-corrected chi connectivity index (χ0v) is 12.5. The Hall–Kier alpha value is -2.54. The van der Waals surface area contributed by atoms with E-state index < -0.39 is 12.0 Å². The molecular formula is C14H14ClN3O4. The van der Waals surface area contributed by atoms with Gasteiger partial charge in [-0.2, -0.15) is 0 Å². The second kappa shape index (κ2) is 7.46. The Kier molecular flexibility index (Phi) is 5.37. The molecule has 0 unspecified atom stereocenters. The third-order valence-corrected chi connectivity index (χ3v) is 2.82. The van der Waals surface area contributed by atoms with Gasteiger partial charge in [0.15, 0.2) is 0 Å². The summed E-state index contributed by atoms with van der Waals surface area (Å²) in [5, 5.41) is 0.611. The molecular weight excluding hydrogens is 310 g/mol. The van der Waals surface area contributed by atoms with E-state index in [0.29, 0.717) is 16.6 Å². The number of halogens is 1. The third-order valence-electron chi connectivity index (χ3n) is 2.56. The van der Waals surface area contributed by atoms with E-state index in [4.69, 9.17) is 16.0 Å². The molecule has 7 nitrogen and oxygen atoms in total. The van der Waals surface area contributed by atoms with Gasteiger partial charge in [0.1, 0.15) is 6.26 Å². The summed E-state index contributed by atoms with van der Waals surface area (Å²) in [6.45, 7) is 1.88. The number of hydrogen-bond donors (Lipinski definition) is 2. The molecule has 0 aliphatic heterocycles. The highest BCUT2D eigenvalue weighted by Crippen LogP contribution is 2.20. The Balaban J connectivity index is 1.90. The quantitative estimate of drug-likeness (QED) is 0.842. The minimum Gasteiger partial charge on any atom is -0.449 e. The number of hydrazine groups is 1. The van der Waals surface area contributed by atoms with Crippen molar-refractivity contribution >= 4 is 23.6 Å². The van der Waals surface area contributed by atoms with Crippen LogP contribution >= 0.6 is 11.6 Å². The van der Waals surface area contributed by atoms with Gasteiger partial charge in [-0.15, -0.1) is 0 Å². The number of aromatic nitrogens is 1. The molecule has 0 atom stereocenters. The second-order valence-electron chi connectivity index (χ2n) is 4.22. The molecule has 0 aliphatic rings. The van der Waals surface area contributed by atoms with Crippen LogP contribution in [-0.2, 0) is 16.0 Å². The van der Waals surface area contributed by atoms with Crippen molar-refractivity contribution in [1.29, 1.82) is 0 Å². The maximum atomic E-state index is 11.6. The maximum absolute atomic E-state index is 11.6. The molecule has 116 valence electrons. The Morgan fingerprint density at radius 3 is 2.68 bits per heavy atom. The van der Waals surface area contributed by atoms with Crippen LogP contribution in [0.2, 0.25) is 5.02 Å². The average Bonchev–Trinajstić information content (AvgIpc) is 2.95. The lowest BCUT2D eigenvalue weighted by atomic mass is 10.2. The van der Waals surface area contributed by atoms with Crippen LogP contribution in [0.15, 0.2) is 34.9 Å². The lowest BCUT2D eigenvalue weighted by Gasteiger charge is -2.05. The number of nitrogens with one attached hydrogen (secondary N) is 2. The van der Waals surface area contributed by atoms with Crippen molar-refractivity contribution in [2.24, 2.45) is 0 Å². The van der Waals surface area contributed by atoms with Gasteiger partial charge in [0.25, 0.3) is 0 Å². The van der Waals surface area contributed by atoms with Crippen LogP contribution in [0.1, 0.15) is 12.6 Å². The molecule has 2 rings (SSSR count). The highest BCUT2D eigenvalue weighted by atomic mass is 35.5. The van der Waals surface area contributed by atoms with E-state index in [1.54, 1.807) is 31.2 Å². The normalized spacial score (nSPS) is 10.1. The van der Waals surface area contributed by atoms with Crippen molar-refractivity contribution in [2.75, 3.05) is 6.61 Å². The summed E-state index contributed by atoms with van der Waals surface area (Å²) < 4.78 is 9.91. The van der Waals surface area contributed by atoms with Crippen molar-refractivity contribution in [3.05, 3.63) is 41.2 Å². The summed E-state index contributed by atoms with van der Waals surface area (Å²) in [5.41, 5.74) is 5.51. The van der Waals surface area contributed by atoms with Crippen molar-refractivity contribution in [3.63, 3.8) is 0 Å². The fourth-order valence-electron chi connectivity index (χ4n) is 1.61. The summed E-state index contributed by atoms with van der Waals surface area (Å²) in [7, 11) is 0. The molecule has 0 radical (unpaired) electrons. The number of oxazole rings is 1. The number of benzene rings is 1. The van der Waals surface area contributed by atoms with E-state index >= 15 is 0 Å². The van der Waals surface area contributed by atoms with Crippen molar-refractivity contribution in [2.45, 2.75) is 13.3 Å². The first-order valence-electron chi connectivity index (χ1n) is 6.50. The number of ether oxygens (including phenoxy) is 1. The number of amides is 2. The van der Waals surface area contributed by atoms with E-state index in [0.717, 1.165) is 5.56 Å². The van der Waals surface area contributed by atoms with E-state index in [2.05, 4.69) is 20.6 Å². The summed E-state index contributed by atoms with van der Waals surface area (Å²) in [6.07, 6.45) is 0.620. The molecule has 0 fully saturated rings. The number of carbonyl (C=O) groups is 2. The Labute approximate surface area is 131 Å². The molecule has 0 aliphatic carbocycles. The number of nitrogens with zero attached hydrogens (tertiary/aromatic N) is 1. The van der Waals surface area contributed by atoms with Gasteiger partial charge in [-0.05, 0) is 31.2 Å². The van der Waals surface area contributed by atoms with Crippen LogP contribution in [0.4, 0.5) is 4.79 Å². The Morgan fingerprint density at radius 1 is 1.27 bits per heavy atom. The molecule has 1 aromatic heterocycles. The lowest BCUT2D eigenvalue weighted by Crippen LogP contribution is -2.42.